The van der Waals surface area contributed by atoms with Crippen LogP contribution in [0.15, 0.2) is 36.7 Å². The number of hydrogen-bond donors (Lipinski definition) is 1. The molecule has 2 heterocycles. The average Bonchev–Trinajstić information content (AvgIpc) is 2.87. The van der Waals surface area contributed by atoms with Gasteiger partial charge in [0.2, 0.25) is 0 Å². The molecule has 1 N–H and O–H groups in total. The van der Waals surface area contributed by atoms with Crippen LogP contribution in [0.3, 0.4) is 0 Å². The summed E-state index contributed by atoms with van der Waals surface area (Å²) < 4.78 is 7.26. The fraction of sp³-hybridized carbons (Fsp3) is 0.250. The van der Waals surface area contributed by atoms with Crippen LogP contribution in [0, 0.1) is 6.92 Å². The van der Waals surface area contributed by atoms with Gasteiger partial charge in [0.15, 0.2) is 0 Å². The van der Waals surface area contributed by atoms with Crippen molar-refractivity contribution in [2.75, 3.05) is 13.7 Å². The second-order valence-corrected chi connectivity index (χ2v) is 4.86. The summed E-state index contributed by atoms with van der Waals surface area (Å²) in [5.41, 5.74) is 3.95. The third-order valence-corrected chi connectivity index (χ3v) is 3.48. The zero-order valence-electron chi connectivity index (χ0n) is 12.1. The van der Waals surface area contributed by atoms with Gasteiger partial charge in [-0.25, -0.2) is 4.98 Å². The Labute approximate surface area is 122 Å². The molecule has 21 heavy (non-hydrogen) atoms. The molecular weight excluding hydrogens is 266 g/mol. The highest BCUT2D eigenvalue weighted by Gasteiger charge is 2.14. The molecule has 0 unspecified atom stereocenters. The van der Waals surface area contributed by atoms with Crippen LogP contribution in [0.2, 0.25) is 0 Å². The number of aromatic nitrogens is 3. The van der Waals surface area contributed by atoms with Gasteiger partial charge in [0, 0.05) is 12.5 Å². The molecule has 5 nitrogen and oxygen atoms in total. The van der Waals surface area contributed by atoms with E-state index in [0.29, 0.717) is 12.2 Å². The van der Waals surface area contributed by atoms with Crippen LogP contribution >= 0.6 is 0 Å². The predicted molar refractivity (Wildman–Crippen MR) is 80.9 cm³/mol. The van der Waals surface area contributed by atoms with Crippen LogP contribution in [0.1, 0.15) is 11.4 Å². The van der Waals surface area contributed by atoms with Gasteiger partial charge in [0.1, 0.15) is 11.6 Å². The number of rotatable bonds is 4. The van der Waals surface area contributed by atoms with Crippen molar-refractivity contribution in [3.8, 4) is 11.4 Å². The van der Waals surface area contributed by atoms with Crippen molar-refractivity contribution in [3.63, 3.8) is 0 Å². The maximum atomic E-state index is 9.29. The maximum Gasteiger partial charge on any atom is 0.139 e. The monoisotopic (exact) mass is 283 g/mol. The van der Waals surface area contributed by atoms with E-state index >= 15 is 0 Å². The van der Waals surface area contributed by atoms with E-state index in [9.17, 15) is 5.11 Å². The van der Waals surface area contributed by atoms with Crippen LogP contribution in [0.4, 0.5) is 0 Å². The van der Waals surface area contributed by atoms with Crippen molar-refractivity contribution in [1.29, 1.82) is 0 Å². The molecule has 0 saturated carbocycles. The van der Waals surface area contributed by atoms with Gasteiger partial charge in [0.05, 0.1) is 42.8 Å². The van der Waals surface area contributed by atoms with E-state index in [4.69, 9.17) is 4.74 Å². The molecule has 0 bridgehead atoms. The van der Waals surface area contributed by atoms with Gasteiger partial charge in [-0.2, -0.15) is 0 Å². The SMILES string of the molecule is COc1cncc(-n2c(CCO)nc3c(C)cccc32)c1. The number of aliphatic hydroxyl groups excluding tert-OH is 1. The summed E-state index contributed by atoms with van der Waals surface area (Å²) in [6.07, 6.45) is 3.93. The van der Waals surface area contributed by atoms with Gasteiger partial charge in [-0.05, 0) is 18.6 Å². The molecule has 1 aromatic carbocycles. The molecule has 2 aromatic heterocycles. The molecule has 0 amide bonds. The molecule has 0 atom stereocenters. The number of imidazole rings is 1. The normalized spacial score (nSPS) is 11.0. The fourth-order valence-corrected chi connectivity index (χ4v) is 2.48. The number of hydrogen-bond acceptors (Lipinski definition) is 4. The smallest absolute Gasteiger partial charge is 0.139 e. The molecule has 3 rings (SSSR count). The Balaban J connectivity index is 2.28. The molecule has 0 saturated heterocycles. The Morgan fingerprint density at radius 2 is 2.14 bits per heavy atom. The molecule has 5 heteroatoms. The first-order chi connectivity index (χ1) is 10.2. The van der Waals surface area contributed by atoms with Crippen LogP contribution in [0.5, 0.6) is 5.75 Å². The average molecular weight is 283 g/mol. The number of aryl methyl sites for hydroxylation is 1. The highest BCUT2D eigenvalue weighted by Crippen LogP contribution is 2.25. The highest BCUT2D eigenvalue weighted by atomic mass is 16.5. The van der Waals surface area contributed by atoms with Gasteiger partial charge >= 0.3 is 0 Å². The van der Waals surface area contributed by atoms with E-state index in [1.54, 1.807) is 19.5 Å². The quantitative estimate of drug-likeness (QED) is 0.798. The Hall–Kier alpha value is -2.40. The minimum atomic E-state index is 0.0553. The first-order valence-electron chi connectivity index (χ1n) is 6.82. The number of benzene rings is 1. The summed E-state index contributed by atoms with van der Waals surface area (Å²) in [4.78, 5) is 8.87. The number of methoxy groups -OCH3 is 1. The van der Waals surface area contributed by atoms with E-state index in [1.165, 1.54) is 0 Å². The van der Waals surface area contributed by atoms with Crippen LogP contribution in [0.25, 0.3) is 16.7 Å². The lowest BCUT2D eigenvalue weighted by atomic mass is 10.2. The maximum absolute atomic E-state index is 9.29. The molecule has 0 spiro atoms. The van der Waals surface area contributed by atoms with E-state index in [2.05, 4.69) is 9.97 Å². The van der Waals surface area contributed by atoms with Crippen LogP contribution in [-0.2, 0) is 6.42 Å². The van der Waals surface area contributed by atoms with Gasteiger partial charge in [-0.15, -0.1) is 0 Å². The Bertz CT molecular complexity index is 780. The predicted octanol–water partition coefficient (Wildman–Crippen LogP) is 2.27. The Kier molecular flexibility index (Phi) is 3.58. The molecule has 0 fully saturated rings. The number of para-hydroxylation sites is 1. The second-order valence-electron chi connectivity index (χ2n) is 4.86. The lowest BCUT2D eigenvalue weighted by molar-refractivity contribution is 0.296. The fourth-order valence-electron chi connectivity index (χ4n) is 2.48. The lowest BCUT2D eigenvalue weighted by Gasteiger charge is -2.09. The van der Waals surface area contributed by atoms with E-state index < -0.39 is 0 Å². The summed E-state index contributed by atoms with van der Waals surface area (Å²) in [5, 5.41) is 9.29. The first-order valence-corrected chi connectivity index (χ1v) is 6.82. The molecule has 3 aromatic rings. The zero-order valence-corrected chi connectivity index (χ0v) is 12.1. The van der Waals surface area contributed by atoms with Crippen molar-refractivity contribution in [2.24, 2.45) is 0 Å². The van der Waals surface area contributed by atoms with E-state index in [-0.39, 0.29) is 6.61 Å². The molecule has 0 radical (unpaired) electrons. The van der Waals surface area contributed by atoms with Crippen molar-refractivity contribution in [3.05, 3.63) is 48.0 Å². The molecular formula is C16H17N3O2. The summed E-state index contributed by atoms with van der Waals surface area (Å²) in [6, 6.07) is 7.98. The highest BCUT2D eigenvalue weighted by molar-refractivity contribution is 5.81. The van der Waals surface area contributed by atoms with Gasteiger partial charge in [0.25, 0.3) is 0 Å². The van der Waals surface area contributed by atoms with E-state index in [1.807, 2.05) is 35.8 Å². The standard InChI is InChI=1S/C16H17N3O2/c1-11-4-3-5-14-16(11)18-15(6-7-20)19(14)12-8-13(21-2)10-17-9-12/h3-5,8-10,20H,6-7H2,1-2H3. The van der Waals surface area contributed by atoms with Crippen molar-refractivity contribution >= 4 is 11.0 Å². The molecule has 0 aliphatic heterocycles. The number of ether oxygens (including phenoxy) is 1. The summed E-state index contributed by atoms with van der Waals surface area (Å²) in [6.45, 7) is 2.09. The van der Waals surface area contributed by atoms with Crippen molar-refractivity contribution in [1.82, 2.24) is 14.5 Å². The first kappa shape index (κ1) is 13.6. The largest absolute Gasteiger partial charge is 0.495 e. The molecule has 0 aliphatic carbocycles. The summed E-state index contributed by atoms with van der Waals surface area (Å²) >= 11 is 0. The van der Waals surface area contributed by atoms with Crippen LogP contribution in [-0.4, -0.2) is 33.4 Å². The Morgan fingerprint density at radius 1 is 1.29 bits per heavy atom. The molecule has 0 aliphatic rings. The lowest BCUT2D eigenvalue weighted by Crippen LogP contribution is -2.04. The zero-order chi connectivity index (χ0) is 14.8. The third kappa shape index (κ3) is 2.36. The van der Waals surface area contributed by atoms with Gasteiger partial charge in [-0.3, -0.25) is 9.55 Å². The third-order valence-electron chi connectivity index (χ3n) is 3.48. The van der Waals surface area contributed by atoms with Crippen molar-refractivity contribution in [2.45, 2.75) is 13.3 Å². The number of nitrogens with zero attached hydrogens (tertiary/aromatic N) is 3. The van der Waals surface area contributed by atoms with E-state index in [0.717, 1.165) is 28.1 Å². The van der Waals surface area contributed by atoms with Gasteiger partial charge < -0.3 is 9.84 Å². The number of pyridine rings is 1. The topological polar surface area (TPSA) is 60.2 Å². The molecule has 108 valence electrons. The Morgan fingerprint density at radius 3 is 2.90 bits per heavy atom. The second kappa shape index (κ2) is 5.54. The van der Waals surface area contributed by atoms with Crippen LogP contribution < -0.4 is 4.74 Å². The number of aliphatic hydroxyl groups is 1. The minimum Gasteiger partial charge on any atom is -0.495 e. The summed E-state index contributed by atoms with van der Waals surface area (Å²) in [5.74, 6) is 1.51. The van der Waals surface area contributed by atoms with Gasteiger partial charge in [-0.1, -0.05) is 12.1 Å². The van der Waals surface area contributed by atoms with Crippen molar-refractivity contribution < 1.29 is 9.84 Å². The minimum absolute atomic E-state index is 0.0553. The number of fused-ring (bicyclic) bond motifs is 1. The summed E-state index contributed by atoms with van der Waals surface area (Å²) in [7, 11) is 1.62.